The molecule has 190 valence electrons. The molecular formula is C29H36N4O3. The van der Waals surface area contributed by atoms with Gasteiger partial charge in [-0.1, -0.05) is 57.2 Å². The number of para-hydroxylation sites is 1. The SMILES string of the molecule is C=CCNC(=O)CN1CN(c2ccccc2)C2(CCN(C(=O)c3ccc(C(C)(C)C)cc3)CC2)C1=O. The average molecular weight is 489 g/mol. The van der Waals surface area contributed by atoms with Crippen molar-refractivity contribution in [2.45, 2.75) is 44.6 Å². The van der Waals surface area contributed by atoms with Crippen LogP contribution in [0.1, 0.15) is 49.5 Å². The first-order valence-corrected chi connectivity index (χ1v) is 12.6. The summed E-state index contributed by atoms with van der Waals surface area (Å²) in [7, 11) is 0. The molecule has 4 rings (SSSR count). The average Bonchev–Trinajstić information content (AvgIpc) is 3.13. The lowest BCUT2D eigenvalue weighted by Crippen LogP contribution is -2.57. The number of benzene rings is 2. The Labute approximate surface area is 213 Å². The van der Waals surface area contributed by atoms with Crippen LogP contribution in [-0.2, 0) is 15.0 Å². The standard InChI is InChI=1S/C29H36N4O3/c1-5-17-30-25(34)20-32-21-33(24-9-7-6-8-10-24)29(27(32)36)15-18-31(19-16-29)26(35)22-11-13-23(14-12-22)28(2,3)4/h5-14H,1,15-21H2,2-4H3,(H,30,34). The molecule has 2 fully saturated rings. The van der Waals surface area contributed by atoms with Crippen LogP contribution >= 0.6 is 0 Å². The number of likely N-dealkylation sites (tertiary alicyclic amines) is 1. The summed E-state index contributed by atoms with van der Waals surface area (Å²) in [5.41, 5.74) is 2.04. The minimum Gasteiger partial charge on any atom is -0.351 e. The molecule has 3 amide bonds. The Bertz CT molecular complexity index is 1110. The minimum absolute atomic E-state index is 0.000523. The molecule has 0 unspecified atom stereocenters. The maximum Gasteiger partial charge on any atom is 0.253 e. The molecule has 36 heavy (non-hydrogen) atoms. The summed E-state index contributed by atoms with van der Waals surface area (Å²) in [6.45, 7) is 11.7. The van der Waals surface area contributed by atoms with E-state index in [-0.39, 0.29) is 29.7 Å². The summed E-state index contributed by atoms with van der Waals surface area (Å²) in [5, 5.41) is 2.76. The van der Waals surface area contributed by atoms with Crippen molar-refractivity contribution < 1.29 is 14.4 Å². The maximum absolute atomic E-state index is 13.7. The van der Waals surface area contributed by atoms with Crippen molar-refractivity contribution in [2.75, 3.05) is 37.7 Å². The number of hydrogen-bond donors (Lipinski definition) is 1. The zero-order valence-corrected chi connectivity index (χ0v) is 21.5. The van der Waals surface area contributed by atoms with Crippen molar-refractivity contribution >= 4 is 23.4 Å². The summed E-state index contributed by atoms with van der Waals surface area (Å²) in [5.74, 6) is -0.274. The van der Waals surface area contributed by atoms with Crippen LogP contribution in [0.4, 0.5) is 5.69 Å². The molecule has 1 spiro atoms. The number of rotatable bonds is 6. The van der Waals surface area contributed by atoms with Gasteiger partial charge in [-0.05, 0) is 48.1 Å². The fraction of sp³-hybridized carbons (Fsp3) is 0.414. The highest BCUT2D eigenvalue weighted by atomic mass is 16.2. The molecular weight excluding hydrogens is 452 g/mol. The van der Waals surface area contributed by atoms with Gasteiger partial charge in [-0.3, -0.25) is 14.4 Å². The van der Waals surface area contributed by atoms with Crippen molar-refractivity contribution in [3.05, 3.63) is 78.4 Å². The van der Waals surface area contributed by atoms with E-state index in [0.717, 1.165) is 5.69 Å². The van der Waals surface area contributed by atoms with Crippen LogP contribution in [0.5, 0.6) is 0 Å². The number of anilines is 1. The second kappa shape index (κ2) is 10.2. The van der Waals surface area contributed by atoms with Gasteiger partial charge < -0.3 is 20.0 Å². The lowest BCUT2D eigenvalue weighted by atomic mass is 9.84. The van der Waals surface area contributed by atoms with E-state index in [4.69, 9.17) is 0 Å². The van der Waals surface area contributed by atoms with Gasteiger partial charge in [0.2, 0.25) is 5.91 Å². The van der Waals surface area contributed by atoms with Crippen molar-refractivity contribution in [1.82, 2.24) is 15.1 Å². The lowest BCUT2D eigenvalue weighted by molar-refractivity contribution is -0.137. The number of carbonyl (C=O) groups is 3. The first kappa shape index (κ1) is 25.5. The van der Waals surface area contributed by atoms with Crippen molar-refractivity contribution in [3.8, 4) is 0 Å². The molecule has 0 aliphatic carbocycles. The van der Waals surface area contributed by atoms with E-state index in [0.29, 0.717) is 44.7 Å². The van der Waals surface area contributed by atoms with E-state index in [2.05, 4.69) is 37.6 Å². The molecule has 0 radical (unpaired) electrons. The summed E-state index contributed by atoms with van der Waals surface area (Å²) in [6, 6.07) is 17.7. The predicted octanol–water partition coefficient (Wildman–Crippen LogP) is 3.57. The first-order valence-electron chi connectivity index (χ1n) is 12.6. The van der Waals surface area contributed by atoms with Gasteiger partial charge in [0.15, 0.2) is 0 Å². The van der Waals surface area contributed by atoms with E-state index >= 15 is 0 Å². The summed E-state index contributed by atoms with van der Waals surface area (Å²) in [4.78, 5) is 44.9. The lowest BCUT2D eigenvalue weighted by Gasteiger charge is -2.43. The molecule has 0 saturated carbocycles. The molecule has 2 aliphatic heterocycles. The van der Waals surface area contributed by atoms with E-state index in [9.17, 15) is 14.4 Å². The molecule has 0 aromatic heterocycles. The maximum atomic E-state index is 13.7. The molecule has 2 saturated heterocycles. The number of amides is 3. The Hall–Kier alpha value is -3.61. The van der Waals surface area contributed by atoms with Crippen LogP contribution in [0.2, 0.25) is 0 Å². The molecule has 7 nitrogen and oxygen atoms in total. The van der Waals surface area contributed by atoms with E-state index in [1.807, 2.05) is 59.5 Å². The smallest absolute Gasteiger partial charge is 0.253 e. The summed E-state index contributed by atoms with van der Waals surface area (Å²) >= 11 is 0. The summed E-state index contributed by atoms with van der Waals surface area (Å²) in [6.07, 6.45) is 2.64. The zero-order chi connectivity index (χ0) is 25.9. The normalized spacial score (nSPS) is 17.4. The van der Waals surface area contributed by atoms with Gasteiger partial charge in [0.1, 0.15) is 12.1 Å². The highest BCUT2D eigenvalue weighted by molar-refractivity contribution is 5.97. The summed E-state index contributed by atoms with van der Waals surface area (Å²) < 4.78 is 0. The second-order valence-corrected chi connectivity index (χ2v) is 10.7. The third kappa shape index (κ3) is 5.01. The molecule has 0 atom stereocenters. The Kier molecular flexibility index (Phi) is 7.20. The van der Waals surface area contributed by atoms with Crippen LogP contribution in [0.25, 0.3) is 0 Å². The highest BCUT2D eigenvalue weighted by Gasteiger charge is 2.54. The van der Waals surface area contributed by atoms with Gasteiger partial charge in [0.25, 0.3) is 11.8 Å². The van der Waals surface area contributed by atoms with E-state index in [1.54, 1.807) is 11.0 Å². The van der Waals surface area contributed by atoms with Crippen molar-refractivity contribution in [1.29, 1.82) is 0 Å². The molecule has 2 aromatic carbocycles. The molecule has 2 aromatic rings. The van der Waals surface area contributed by atoms with E-state index < -0.39 is 5.54 Å². The third-order valence-corrected chi connectivity index (χ3v) is 7.24. The van der Waals surface area contributed by atoms with Crippen LogP contribution < -0.4 is 10.2 Å². The zero-order valence-electron chi connectivity index (χ0n) is 21.5. The Morgan fingerprint density at radius 1 is 1.03 bits per heavy atom. The molecule has 2 aliphatic rings. The van der Waals surface area contributed by atoms with Crippen molar-refractivity contribution in [2.24, 2.45) is 0 Å². The van der Waals surface area contributed by atoms with Crippen LogP contribution in [-0.4, -0.2) is 65.9 Å². The Balaban J connectivity index is 1.51. The largest absolute Gasteiger partial charge is 0.351 e. The monoisotopic (exact) mass is 488 g/mol. The number of hydrogen-bond acceptors (Lipinski definition) is 4. The second-order valence-electron chi connectivity index (χ2n) is 10.7. The first-order chi connectivity index (χ1) is 17.2. The quantitative estimate of drug-likeness (QED) is 0.631. The highest BCUT2D eigenvalue weighted by Crippen LogP contribution is 2.39. The number of piperidine rings is 1. The molecule has 2 heterocycles. The van der Waals surface area contributed by atoms with Crippen molar-refractivity contribution in [3.63, 3.8) is 0 Å². The number of nitrogens with one attached hydrogen (secondary N) is 1. The predicted molar refractivity (Wildman–Crippen MR) is 142 cm³/mol. The third-order valence-electron chi connectivity index (χ3n) is 7.24. The topological polar surface area (TPSA) is 73.0 Å². The molecule has 1 N–H and O–H groups in total. The molecule has 0 bridgehead atoms. The van der Waals surface area contributed by atoms with Gasteiger partial charge >= 0.3 is 0 Å². The van der Waals surface area contributed by atoms with E-state index in [1.165, 1.54) is 5.56 Å². The van der Waals surface area contributed by atoms with Gasteiger partial charge in [0, 0.05) is 30.9 Å². The fourth-order valence-electron chi connectivity index (χ4n) is 5.11. The van der Waals surface area contributed by atoms with Gasteiger partial charge in [-0.25, -0.2) is 0 Å². The fourth-order valence-corrected chi connectivity index (χ4v) is 5.11. The van der Waals surface area contributed by atoms with Crippen LogP contribution in [0.15, 0.2) is 67.3 Å². The molecule has 7 heteroatoms. The number of carbonyl (C=O) groups excluding carboxylic acids is 3. The van der Waals surface area contributed by atoms with Gasteiger partial charge in [-0.15, -0.1) is 6.58 Å². The minimum atomic E-state index is -0.771. The Morgan fingerprint density at radius 3 is 2.25 bits per heavy atom. The number of nitrogens with zero attached hydrogens (tertiary/aromatic N) is 3. The van der Waals surface area contributed by atoms with Crippen LogP contribution in [0.3, 0.4) is 0 Å². The van der Waals surface area contributed by atoms with Gasteiger partial charge in [0.05, 0.1) is 6.67 Å². The van der Waals surface area contributed by atoms with Gasteiger partial charge in [-0.2, -0.15) is 0 Å². The van der Waals surface area contributed by atoms with Crippen LogP contribution in [0, 0.1) is 0 Å². The Morgan fingerprint density at radius 2 is 1.67 bits per heavy atom.